The van der Waals surface area contributed by atoms with E-state index in [0.29, 0.717) is 6.04 Å². The van der Waals surface area contributed by atoms with E-state index in [9.17, 15) is 0 Å². The third kappa shape index (κ3) is 11.8. The molecule has 0 unspecified atom stereocenters. The molecule has 0 spiro atoms. The van der Waals surface area contributed by atoms with Gasteiger partial charge in [-0.1, -0.05) is 34.1 Å². The van der Waals surface area contributed by atoms with E-state index in [1.165, 1.54) is 38.9 Å². The fourth-order valence-corrected chi connectivity index (χ4v) is 1.79. The molecule has 0 aromatic carbocycles. The Balaban J connectivity index is 3.16. The van der Waals surface area contributed by atoms with Crippen LogP contribution < -0.4 is 5.32 Å². The molecule has 0 aromatic heterocycles. The van der Waals surface area contributed by atoms with Crippen LogP contribution in [0.4, 0.5) is 0 Å². The van der Waals surface area contributed by atoms with Crippen LogP contribution in [-0.4, -0.2) is 37.6 Å². The van der Waals surface area contributed by atoms with Gasteiger partial charge < -0.3 is 10.2 Å². The molecule has 0 aromatic rings. The highest BCUT2D eigenvalue weighted by atomic mass is 15.1. The van der Waals surface area contributed by atoms with Crippen molar-refractivity contribution in [1.29, 1.82) is 0 Å². The van der Waals surface area contributed by atoms with Crippen molar-refractivity contribution in [3.63, 3.8) is 0 Å². The van der Waals surface area contributed by atoms with Gasteiger partial charge in [0.1, 0.15) is 0 Å². The number of nitrogens with one attached hydrogen (secondary N) is 1. The van der Waals surface area contributed by atoms with Gasteiger partial charge in [-0.25, -0.2) is 0 Å². The molecule has 0 aliphatic carbocycles. The molecule has 0 bridgehead atoms. The quantitative estimate of drug-likeness (QED) is 0.594. The van der Waals surface area contributed by atoms with Crippen LogP contribution in [0.2, 0.25) is 0 Å². The summed E-state index contributed by atoms with van der Waals surface area (Å²) in [5.41, 5.74) is 0. The third-order valence-electron chi connectivity index (χ3n) is 2.45. The van der Waals surface area contributed by atoms with Gasteiger partial charge in [0.15, 0.2) is 0 Å². The fraction of sp³-hybridized carbons (Fsp3) is 1.00. The molecule has 0 radical (unpaired) electrons. The standard InChI is InChI=1S/C13H30N2/c1-12(2)11-15(5)10-8-6-7-9-14-13(3)4/h12-14H,6-11H2,1-5H3. The first-order chi connectivity index (χ1) is 7.02. The zero-order valence-electron chi connectivity index (χ0n) is 11.3. The molecule has 0 heterocycles. The van der Waals surface area contributed by atoms with E-state index < -0.39 is 0 Å². The Morgan fingerprint density at radius 2 is 1.67 bits per heavy atom. The second-order valence-electron chi connectivity index (χ2n) is 5.33. The van der Waals surface area contributed by atoms with Gasteiger partial charge >= 0.3 is 0 Å². The first-order valence-corrected chi connectivity index (χ1v) is 6.44. The molecule has 15 heavy (non-hydrogen) atoms. The Morgan fingerprint density at radius 1 is 1.00 bits per heavy atom. The molecule has 0 saturated carbocycles. The lowest BCUT2D eigenvalue weighted by molar-refractivity contribution is 0.288. The summed E-state index contributed by atoms with van der Waals surface area (Å²) in [7, 11) is 2.23. The van der Waals surface area contributed by atoms with Gasteiger partial charge in [-0.05, 0) is 38.9 Å². The van der Waals surface area contributed by atoms with Gasteiger partial charge in [0.2, 0.25) is 0 Å². The molecule has 0 fully saturated rings. The number of hydrogen-bond donors (Lipinski definition) is 1. The van der Waals surface area contributed by atoms with Crippen LogP contribution >= 0.6 is 0 Å². The van der Waals surface area contributed by atoms with Crippen molar-refractivity contribution in [3.8, 4) is 0 Å². The lowest BCUT2D eigenvalue weighted by Crippen LogP contribution is -2.25. The zero-order chi connectivity index (χ0) is 11.7. The van der Waals surface area contributed by atoms with Gasteiger partial charge in [-0.3, -0.25) is 0 Å². The van der Waals surface area contributed by atoms with Gasteiger partial charge in [0, 0.05) is 12.6 Å². The summed E-state index contributed by atoms with van der Waals surface area (Å²) >= 11 is 0. The normalized spacial score (nSPS) is 12.0. The summed E-state index contributed by atoms with van der Waals surface area (Å²) in [5.74, 6) is 0.789. The highest BCUT2D eigenvalue weighted by Gasteiger charge is 2.00. The van der Waals surface area contributed by atoms with Crippen LogP contribution in [0.3, 0.4) is 0 Å². The minimum Gasteiger partial charge on any atom is -0.315 e. The molecule has 0 amide bonds. The number of rotatable bonds is 9. The maximum absolute atomic E-state index is 3.45. The lowest BCUT2D eigenvalue weighted by atomic mass is 10.2. The van der Waals surface area contributed by atoms with Crippen molar-refractivity contribution in [3.05, 3.63) is 0 Å². The highest BCUT2D eigenvalue weighted by molar-refractivity contribution is 4.57. The van der Waals surface area contributed by atoms with Crippen molar-refractivity contribution in [2.75, 3.05) is 26.7 Å². The first kappa shape index (κ1) is 14.9. The van der Waals surface area contributed by atoms with Gasteiger partial charge in [0.05, 0.1) is 0 Å². The summed E-state index contributed by atoms with van der Waals surface area (Å²) in [6, 6.07) is 0.633. The second kappa shape index (κ2) is 9.17. The number of unbranched alkanes of at least 4 members (excludes halogenated alkanes) is 2. The minimum absolute atomic E-state index is 0.633. The second-order valence-corrected chi connectivity index (χ2v) is 5.33. The van der Waals surface area contributed by atoms with E-state index in [0.717, 1.165) is 5.92 Å². The van der Waals surface area contributed by atoms with Crippen molar-refractivity contribution < 1.29 is 0 Å². The molecular weight excluding hydrogens is 184 g/mol. The van der Waals surface area contributed by atoms with Gasteiger partial charge in [-0.2, -0.15) is 0 Å². The van der Waals surface area contributed by atoms with Crippen molar-refractivity contribution >= 4 is 0 Å². The maximum atomic E-state index is 3.45. The van der Waals surface area contributed by atoms with Crippen molar-refractivity contribution in [1.82, 2.24) is 10.2 Å². The summed E-state index contributed by atoms with van der Waals surface area (Å²) in [6.45, 7) is 12.6. The Kier molecular flexibility index (Phi) is 9.12. The molecule has 0 aliphatic rings. The van der Waals surface area contributed by atoms with E-state index >= 15 is 0 Å². The average Bonchev–Trinajstić information content (AvgIpc) is 2.09. The Labute approximate surface area is 96.4 Å². The Bertz CT molecular complexity index is 132. The molecule has 0 atom stereocenters. The monoisotopic (exact) mass is 214 g/mol. The molecular formula is C13H30N2. The van der Waals surface area contributed by atoms with Crippen molar-refractivity contribution in [2.45, 2.75) is 53.0 Å². The number of hydrogen-bond acceptors (Lipinski definition) is 2. The van der Waals surface area contributed by atoms with Crippen LogP contribution in [0, 0.1) is 5.92 Å². The van der Waals surface area contributed by atoms with Crippen LogP contribution in [0.25, 0.3) is 0 Å². The van der Waals surface area contributed by atoms with Crippen LogP contribution in [0.5, 0.6) is 0 Å². The lowest BCUT2D eigenvalue weighted by Gasteiger charge is -2.18. The summed E-state index contributed by atoms with van der Waals surface area (Å²) in [5, 5.41) is 3.45. The number of nitrogens with zero attached hydrogens (tertiary/aromatic N) is 1. The molecule has 0 saturated heterocycles. The van der Waals surface area contributed by atoms with Crippen LogP contribution in [0.1, 0.15) is 47.0 Å². The molecule has 2 nitrogen and oxygen atoms in total. The highest BCUT2D eigenvalue weighted by Crippen LogP contribution is 2.00. The van der Waals surface area contributed by atoms with Crippen LogP contribution in [0.15, 0.2) is 0 Å². The van der Waals surface area contributed by atoms with Crippen molar-refractivity contribution in [2.24, 2.45) is 5.92 Å². The van der Waals surface area contributed by atoms with Crippen LogP contribution in [-0.2, 0) is 0 Å². The molecule has 92 valence electrons. The van der Waals surface area contributed by atoms with Gasteiger partial charge in [-0.15, -0.1) is 0 Å². The summed E-state index contributed by atoms with van der Waals surface area (Å²) in [6.07, 6.45) is 4.00. The maximum Gasteiger partial charge on any atom is 0.00103 e. The average molecular weight is 214 g/mol. The predicted octanol–water partition coefficient (Wildman–Crippen LogP) is 2.74. The molecule has 0 aliphatic heterocycles. The Morgan fingerprint density at radius 3 is 2.20 bits per heavy atom. The molecule has 1 N–H and O–H groups in total. The minimum atomic E-state index is 0.633. The van der Waals surface area contributed by atoms with E-state index in [1.54, 1.807) is 0 Å². The first-order valence-electron chi connectivity index (χ1n) is 6.44. The summed E-state index contributed by atoms with van der Waals surface area (Å²) in [4.78, 5) is 2.44. The zero-order valence-corrected chi connectivity index (χ0v) is 11.3. The third-order valence-corrected chi connectivity index (χ3v) is 2.45. The predicted molar refractivity (Wildman–Crippen MR) is 69.3 cm³/mol. The smallest absolute Gasteiger partial charge is 0.00103 e. The van der Waals surface area contributed by atoms with E-state index in [1.807, 2.05) is 0 Å². The molecule has 0 rings (SSSR count). The Hall–Kier alpha value is -0.0800. The van der Waals surface area contributed by atoms with E-state index in [2.05, 4.69) is 45.0 Å². The van der Waals surface area contributed by atoms with E-state index in [-0.39, 0.29) is 0 Å². The summed E-state index contributed by atoms with van der Waals surface area (Å²) < 4.78 is 0. The van der Waals surface area contributed by atoms with E-state index in [4.69, 9.17) is 0 Å². The van der Waals surface area contributed by atoms with Gasteiger partial charge in [0.25, 0.3) is 0 Å². The molecule has 2 heteroatoms. The largest absolute Gasteiger partial charge is 0.315 e. The fourth-order valence-electron chi connectivity index (χ4n) is 1.79. The SMILES string of the molecule is CC(C)CN(C)CCCCCNC(C)C. The topological polar surface area (TPSA) is 15.3 Å².